The van der Waals surface area contributed by atoms with E-state index < -0.39 is 11.7 Å². The minimum atomic E-state index is -4.41. The molecule has 0 amide bonds. The van der Waals surface area contributed by atoms with Crippen molar-refractivity contribution in [3.05, 3.63) is 46.0 Å². The van der Waals surface area contributed by atoms with Gasteiger partial charge in [-0.3, -0.25) is 5.41 Å². The largest absolute Gasteiger partial charge is 0.510 e. The van der Waals surface area contributed by atoms with Gasteiger partial charge in [0.2, 0.25) is 0 Å². The third-order valence-corrected chi connectivity index (χ3v) is 5.18. The summed E-state index contributed by atoms with van der Waals surface area (Å²) in [5.74, 6) is 0.340. The third kappa shape index (κ3) is 2.90. The number of thiazole rings is 1. The van der Waals surface area contributed by atoms with Gasteiger partial charge >= 0.3 is 6.18 Å². The molecule has 4 rings (SSSR count). The minimum Gasteiger partial charge on any atom is -0.510 e. The molecule has 0 radical (unpaired) electrons. The van der Waals surface area contributed by atoms with Crippen LogP contribution in [0.4, 0.5) is 13.2 Å². The maximum absolute atomic E-state index is 12.9. The van der Waals surface area contributed by atoms with Crippen molar-refractivity contribution in [2.24, 2.45) is 0 Å². The Hall–Kier alpha value is -2.35. The monoisotopic (exact) mass is 365 g/mol. The predicted molar refractivity (Wildman–Crippen MR) is 89.6 cm³/mol. The van der Waals surface area contributed by atoms with E-state index in [9.17, 15) is 18.3 Å². The molecular formula is C17H14F3N3OS. The Morgan fingerprint density at radius 1 is 1.28 bits per heavy atom. The number of hydrogen-bond acceptors (Lipinski definition) is 4. The van der Waals surface area contributed by atoms with Crippen molar-refractivity contribution in [2.75, 3.05) is 6.54 Å². The van der Waals surface area contributed by atoms with E-state index >= 15 is 0 Å². The number of amidine groups is 1. The number of nitrogens with one attached hydrogen (secondary N) is 1. The van der Waals surface area contributed by atoms with Crippen LogP contribution in [0.5, 0.6) is 0 Å². The minimum absolute atomic E-state index is 0.0989. The molecule has 0 atom stereocenters. The van der Waals surface area contributed by atoms with Gasteiger partial charge in [-0.25, -0.2) is 4.98 Å². The van der Waals surface area contributed by atoms with E-state index in [0.717, 1.165) is 25.0 Å². The first kappa shape index (κ1) is 16.1. The number of aromatic nitrogens is 1. The molecule has 2 aromatic rings. The summed E-state index contributed by atoms with van der Waals surface area (Å²) in [5, 5.41) is 20.6. The standard InChI is InChI=1S/C17H14F3N3OS/c18-17(19,20)10-3-1-2-9(6-10)12-8-25-16(22-12)14-13(24)7-23(15(14)21)11-4-5-11/h1-3,6,8,11,21,24H,4-5,7H2. The normalized spacial score (nSPS) is 18.4. The van der Waals surface area contributed by atoms with Crippen LogP contribution in [0, 0.1) is 5.41 Å². The number of aliphatic hydroxyl groups is 1. The summed E-state index contributed by atoms with van der Waals surface area (Å²) in [4.78, 5) is 6.21. The van der Waals surface area contributed by atoms with E-state index in [4.69, 9.17) is 5.41 Å². The van der Waals surface area contributed by atoms with Gasteiger partial charge in [0.05, 0.1) is 23.4 Å². The summed E-state index contributed by atoms with van der Waals surface area (Å²) in [7, 11) is 0. The van der Waals surface area contributed by atoms with Crippen LogP contribution in [-0.4, -0.2) is 33.4 Å². The highest BCUT2D eigenvalue weighted by Crippen LogP contribution is 2.38. The fourth-order valence-electron chi connectivity index (χ4n) is 2.90. The highest BCUT2D eigenvalue weighted by Gasteiger charge is 2.39. The number of nitrogens with zero attached hydrogens (tertiary/aromatic N) is 2. The molecule has 2 N–H and O–H groups in total. The molecule has 1 aliphatic carbocycles. The van der Waals surface area contributed by atoms with Crippen LogP contribution in [0.2, 0.25) is 0 Å². The van der Waals surface area contributed by atoms with Crippen molar-refractivity contribution >= 4 is 22.7 Å². The lowest BCUT2D eigenvalue weighted by molar-refractivity contribution is -0.137. The van der Waals surface area contributed by atoms with Crippen LogP contribution < -0.4 is 0 Å². The molecule has 0 spiro atoms. The lowest BCUT2D eigenvalue weighted by Crippen LogP contribution is -2.28. The SMILES string of the molecule is N=C1C(c2nc(-c3cccc(C(F)(F)F)c3)cs2)=C(O)CN1C1CC1. The van der Waals surface area contributed by atoms with Crippen molar-refractivity contribution in [3.8, 4) is 11.3 Å². The first-order valence-electron chi connectivity index (χ1n) is 7.76. The summed E-state index contributed by atoms with van der Waals surface area (Å²) >= 11 is 1.22. The second kappa shape index (κ2) is 5.59. The van der Waals surface area contributed by atoms with E-state index in [1.165, 1.54) is 17.4 Å². The summed E-state index contributed by atoms with van der Waals surface area (Å²) < 4.78 is 38.6. The number of rotatable bonds is 3. The molecule has 1 aromatic carbocycles. The van der Waals surface area contributed by atoms with Crippen LogP contribution in [-0.2, 0) is 6.18 Å². The predicted octanol–water partition coefficient (Wildman–Crippen LogP) is 4.55. The van der Waals surface area contributed by atoms with E-state index in [1.807, 2.05) is 4.90 Å². The van der Waals surface area contributed by atoms with E-state index in [0.29, 0.717) is 34.4 Å². The van der Waals surface area contributed by atoms with Crippen molar-refractivity contribution < 1.29 is 18.3 Å². The van der Waals surface area contributed by atoms with Gasteiger partial charge in [-0.1, -0.05) is 12.1 Å². The number of hydrogen-bond donors (Lipinski definition) is 2. The number of halogens is 3. The summed E-state index contributed by atoms with van der Waals surface area (Å²) in [6.45, 7) is 0.303. The molecule has 0 bridgehead atoms. The molecule has 1 saturated carbocycles. The molecule has 130 valence electrons. The molecule has 1 aromatic heterocycles. The maximum Gasteiger partial charge on any atom is 0.416 e. The Bertz CT molecular complexity index is 883. The number of alkyl halides is 3. The molecule has 1 aliphatic heterocycles. The third-order valence-electron chi connectivity index (χ3n) is 4.32. The number of aliphatic hydroxyl groups excluding tert-OH is 1. The molecule has 8 heteroatoms. The highest BCUT2D eigenvalue weighted by molar-refractivity contribution is 7.11. The fourth-order valence-corrected chi connectivity index (χ4v) is 3.79. The van der Waals surface area contributed by atoms with Gasteiger partial charge in [0.15, 0.2) is 0 Å². The fraction of sp³-hybridized carbons (Fsp3) is 0.294. The Morgan fingerprint density at radius 2 is 2.04 bits per heavy atom. The zero-order chi connectivity index (χ0) is 17.8. The Labute approximate surface area is 145 Å². The quantitative estimate of drug-likeness (QED) is 0.839. The molecule has 0 unspecified atom stereocenters. The van der Waals surface area contributed by atoms with Gasteiger partial charge in [0.1, 0.15) is 16.6 Å². The van der Waals surface area contributed by atoms with Crippen LogP contribution in [0.15, 0.2) is 35.4 Å². The van der Waals surface area contributed by atoms with Gasteiger partial charge in [-0.15, -0.1) is 11.3 Å². The molecule has 0 saturated heterocycles. The van der Waals surface area contributed by atoms with Crippen molar-refractivity contribution in [1.82, 2.24) is 9.88 Å². The van der Waals surface area contributed by atoms with E-state index in [-0.39, 0.29) is 11.6 Å². The zero-order valence-electron chi connectivity index (χ0n) is 13.0. The second-order valence-electron chi connectivity index (χ2n) is 6.15. The van der Waals surface area contributed by atoms with Crippen LogP contribution in [0.1, 0.15) is 23.4 Å². The lowest BCUT2D eigenvalue weighted by atomic mass is 10.1. The van der Waals surface area contributed by atoms with Gasteiger partial charge in [0.25, 0.3) is 0 Å². The van der Waals surface area contributed by atoms with Crippen molar-refractivity contribution in [3.63, 3.8) is 0 Å². The van der Waals surface area contributed by atoms with Gasteiger partial charge in [0, 0.05) is 17.0 Å². The van der Waals surface area contributed by atoms with Crippen LogP contribution >= 0.6 is 11.3 Å². The van der Waals surface area contributed by atoms with Gasteiger partial charge in [-0.05, 0) is 25.0 Å². The average molecular weight is 365 g/mol. The summed E-state index contributed by atoms with van der Waals surface area (Å²) in [5.41, 5.74) is 0.426. The first-order valence-corrected chi connectivity index (χ1v) is 8.64. The average Bonchev–Trinajstić information content (AvgIpc) is 3.21. The lowest BCUT2D eigenvalue weighted by Gasteiger charge is -2.16. The molecule has 2 heterocycles. The highest BCUT2D eigenvalue weighted by atomic mass is 32.1. The molecule has 1 fully saturated rings. The van der Waals surface area contributed by atoms with E-state index in [2.05, 4.69) is 4.98 Å². The smallest absolute Gasteiger partial charge is 0.416 e. The van der Waals surface area contributed by atoms with Gasteiger partial charge in [-0.2, -0.15) is 13.2 Å². The topological polar surface area (TPSA) is 60.2 Å². The Morgan fingerprint density at radius 3 is 2.72 bits per heavy atom. The maximum atomic E-state index is 12.9. The molecule has 25 heavy (non-hydrogen) atoms. The Kier molecular flexibility index (Phi) is 3.61. The molecular weight excluding hydrogens is 351 g/mol. The first-order chi connectivity index (χ1) is 11.8. The van der Waals surface area contributed by atoms with Crippen LogP contribution in [0.25, 0.3) is 16.8 Å². The molecule has 2 aliphatic rings. The van der Waals surface area contributed by atoms with Crippen LogP contribution in [0.3, 0.4) is 0 Å². The number of benzene rings is 1. The van der Waals surface area contributed by atoms with Crippen molar-refractivity contribution in [1.29, 1.82) is 5.41 Å². The molecule has 4 nitrogen and oxygen atoms in total. The van der Waals surface area contributed by atoms with E-state index in [1.54, 1.807) is 11.4 Å². The zero-order valence-corrected chi connectivity index (χ0v) is 13.8. The summed E-state index contributed by atoms with van der Waals surface area (Å²) in [6, 6.07) is 5.30. The second-order valence-corrected chi connectivity index (χ2v) is 7.00. The van der Waals surface area contributed by atoms with Crippen molar-refractivity contribution in [2.45, 2.75) is 25.1 Å². The summed E-state index contributed by atoms with van der Waals surface area (Å²) in [6.07, 6.45) is -2.39. The Balaban J connectivity index is 1.65. The van der Waals surface area contributed by atoms with Gasteiger partial charge < -0.3 is 10.0 Å².